The first-order valence-electron chi connectivity index (χ1n) is 5.38. The van der Waals surface area contributed by atoms with Crippen LogP contribution in [-0.2, 0) is 19.1 Å². The quantitative estimate of drug-likeness (QED) is 0.503. The highest BCUT2D eigenvalue weighted by Gasteiger charge is 2.46. The first-order valence-corrected chi connectivity index (χ1v) is 5.76. The van der Waals surface area contributed by atoms with Crippen molar-refractivity contribution in [3.63, 3.8) is 0 Å². The average molecular weight is 268 g/mol. The lowest BCUT2D eigenvalue weighted by atomic mass is 10.1. The molecule has 0 aromatic carbocycles. The van der Waals surface area contributed by atoms with Gasteiger partial charge in [-0.1, -0.05) is 25.4 Å². The highest BCUT2D eigenvalue weighted by molar-refractivity contribution is 6.34. The Morgan fingerprint density at radius 1 is 1.29 bits per heavy atom. The van der Waals surface area contributed by atoms with Crippen LogP contribution in [0.1, 0.15) is 26.7 Å². The fourth-order valence-corrected chi connectivity index (χ4v) is 1.02. The number of hydrogen-bond donors (Lipinski definition) is 2. The van der Waals surface area contributed by atoms with Gasteiger partial charge in [-0.05, 0) is 12.8 Å². The SMILES string of the molecule is CCCOC(=O)C(N)C(O)(Cl)C(=O)OCCC. The normalized spacial score (nSPS) is 15.8. The summed E-state index contributed by atoms with van der Waals surface area (Å²) in [6.45, 7) is 3.80. The van der Waals surface area contributed by atoms with Crippen LogP contribution in [0, 0.1) is 0 Å². The van der Waals surface area contributed by atoms with Crippen molar-refractivity contribution >= 4 is 23.5 Å². The summed E-state index contributed by atoms with van der Waals surface area (Å²) in [6.07, 6.45) is 1.16. The summed E-state index contributed by atoms with van der Waals surface area (Å²) in [5.74, 6) is -2.10. The molecule has 0 spiro atoms. The predicted molar refractivity (Wildman–Crippen MR) is 61.3 cm³/mol. The van der Waals surface area contributed by atoms with Crippen LogP contribution >= 0.6 is 11.6 Å². The number of hydrogen-bond acceptors (Lipinski definition) is 6. The molecule has 0 aromatic rings. The topological polar surface area (TPSA) is 98.9 Å². The summed E-state index contributed by atoms with van der Waals surface area (Å²) < 4.78 is 9.30. The minimum absolute atomic E-state index is 0.0879. The van der Waals surface area contributed by atoms with Crippen molar-refractivity contribution in [3.8, 4) is 0 Å². The number of nitrogens with two attached hydrogens (primary N) is 1. The fourth-order valence-electron chi connectivity index (χ4n) is 0.872. The van der Waals surface area contributed by atoms with Gasteiger partial charge in [0.15, 0.2) is 6.04 Å². The molecule has 0 aromatic heterocycles. The molecule has 0 aliphatic rings. The molecule has 2 unspecified atom stereocenters. The van der Waals surface area contributed by atoms with E-state index in [4.69, 9.17) is 17.3 Å². The van der Waals surface area contributed by atoms with E-state index in [0.717, 1.165) is 0 Å². The number of carbonyl (C=O) groups is 2. The Kier molecular flexibility index (Phi) is 7.10. The summed E-state index contributed by atoms with van der Waals surface area (Å²) in [6, 6.07) is -1.68. The first-order chi connectivity index (χ1) is 7.87. The van der Waals surface area contributed by atoms with Crippen LogP contribution in [0.2, 0.25) is 0 Å². The Morgan fingerprint density at radius 3 is 2.24 bits per heavy atom. The van der Waals surface area contributed by atoms with Gasteiger partial charge in [0.1, 0.15) is 0 Å². The average Bonchev–Trinajstić information content (AvgIpc) is 2.31. The van der Waals surface area contributed by atoms with E-state index in [9.17, 15) is 14.7 Å². The number of ether oxygens (including phenoxy) is 2. The second kappa shape index (κ2) is 7.47. The van der Waals surface area contributed by atoms with Crippen molar-refractivity contribution in [1.82, 2.24) is 0 Å². The van der Waals surface area contributed by atoms with Crippen LogP contribution in [0.25, 0.3) is 0 Å². The molecule has 0 aliphatic carbocycles. The second-order valence-corrected chi connectivity index (χ2v) is 4.03. The molecule has 0 aliphatic heterocycles. The third kappa shape index (κ3) is 4.89. The molecule has 0 saturated carbocycles. The van der Waals surface area contributed by atoms with Crippen LogP contribution in [0.15, 0.2) is 0 Å². The second-order valence-electron chi connectivity index (χ2n) is 3.45. The molecule has 6 nitrogen and oxygen atoms in total. The van der Waals surface area contributed by atoms with Crippen LogP contribution in [0.5, 0.6) is 0 Å². The minimum Gasteiger partial charge on any atom is -0.464 e. The molecular formula is C10H18ClNO5. The molecule has 0 rings (SSSR count). The highest BCUT2D eigenvalue weighted by atomic mass is 35.5. The van der Waals surface area contributed by atoms with Gasteiger partial charge in [-0.3, -0.25) is 4.79 Å². The van der Waals surface area contributed by atoms with E-state index in [1.165, 1.54) is 0 Å². The van der Waals surface area contributed by atoms with Gasteiger partial charge in [-0.2, -0.15) is 0 Å². The van der Waals surface area contributed by atoms with Crippen LogP contribution in [0.3, 0.4) is 0 Å². The Morgan fingerprint density at radius 2 is 1.76 bits per heavy atom. The molecule has 2 atom stereocenters. The maximum absolute atomic E-state index is 11.4. The highest BCUT2D eigenvalue weighted by Crippen LogP contribution is 2.18. The number of halogens is 1. The Hall–Kier alpha value is -0.850. The van der Waals surface area contributed by atoms with Crippen molar-refractivity contribution in [2.45, 2.75) is 37.8 Å². The maximum atomic E-state index is 11.4. The molecule has 7 heteroatoms. The lowest BCUT2D eigenvalue weighted by Gasteiger charge is -2.23. The van der Waals surface area contributed by atoms with Gasteiger partial charge in [-0.15, -0.1) is 0 Å². The molecule has 0 saturated heterocycles. The summed E-state index contributed by atoms with van der Waals surface area (Å²) in [7, 11) is 0. The van der Waals surface area contributed by atoms with Crippen molar-refractivity contribution in [2.75, 3.05) is 13.2 Å². The molecular weight excluding hydrogens is 250 g/mol. The standard InChI is InChI=1S/C10H18ClNO5/c1-3-5-16-8(13)7(12)10(11,15)9(14)17-6-4-2/h7,15H,3-6,12H2,1-2H3. The van der Waals surface area contributed by atoms with Crippen molar-refractivity contribution < 1.29 is 24.2 Å². The first kappa shape index (κ1) is 16.1. The molecule has 17 heavy (non-hydrogen) atoms. The van der Waals surface area contributed by atoms with Gasteiger partial charge < -0.3 is 20.3 Å². The van der Waals surface area contributed by atoms with Crippen LogP contribution in [0.4, 0.5) is 0 Å². The Balaban J connectivity index is 4.46. The molecule has 100 valence electrons. The van der Waals surface area contributed by atoms with Crippen molar-refractivity contribution in [3.05, 3.63) is 0 Å². The minimum atomic E-state index is -2.60. The lowest BCUT2D eigenvalue weighted by molar-refractivity contribution is -0.166. The number of esters is 2. The summed E-state index contributed by atoms with van der Waals surface area (Å²) >= 11 is 5.50. The number of aliphatic hydroxyl groups is 1. The van der Waals surface area contributed by atoms with E-state index in [-0.39, 0.29) is 13.2 Å². The zero-order valence-corrected chi connectivity index (χ0v) is 10.7. The lowest BCUT2D eigenvalue weighted by Crippen LogP contribution is -2.55. The Labute approximate surface area is 105 Å². The van der Waals surface area contributed by atoms with E-state index in [2.05, 4.69) is 9.47 Å². The monoisotopic (exact) mass is 267 g/mol. The van der Waals surface area contributed by atoms with Crippen molar-refractivity contribution in [1.29, 1.82) is 0 Å². The van der Waals surface area contributed by atoms with Crippen LogP contribution in [-0.4, -0.2) is 41.4 Å². The number of rotatable bonds is 7. The zero-order valence-electron chi connectivity index (χ0n) is 9.94. The number of alkyl halides is 1. The molecule has 3 N–H and O–H groups in total. The van der Waals surface area contributed by atoms with Crippen LogP contribution < -0.4 is 5.73 Å². The van der Waals surface area contributed by atoms with Crippen molar-refractivity contribution in [2.24, 2.45) is 5.73 Å². The molecule has 0 amide bonds. The summed E-state index contributed by atoms with van der Waals surface area (Å²) in [5.41, 5.74) is 5.35. The molecule has 0 fully saturated rings. The third-order valence-corrected chi connectivity index (χ3v) is 2.23. The summed E-state index contributed by atoms with van der Waals surface area (Å²) in [5, 5.41) is 7.02. The maximum Gasteiger partial charge on any atom is 0.356 e. The third-order valence-electron chi connectivity index (χ3n) is 1.84. The summed E-state index contributed by atoms with van der Waals surface area (Å²) in [4.78, 5) is 22.7. The molecule has 0 heterocycles. The fraction of sp³-hybridized carbons (Fsp3) is 0.800. The van der Waals surface area contributed by atoms with Gasteiger partial charge in [0.05, 0.1) is 13.2 Å². The van der Waals surface area contributed by atoms with Gasteiger partial charge in [0.25, 0.3) is 5.06 Å². The molecule has 0 bridgehead atoms. The largest absolute Gasteiger partial charge is 0.464 e. The van der Waals surface area contributed by atoms with Gasteiger partial charge in [0.2, 0.25) is 0 Å². The van der Waals surface area contributed by atoms with Gasteiger partial charge >= 0.3 is 11.9 Å². The van der Waals surface area contributed by atoms with E-state index in [0.29, 0.717) is 12.8 Å². The van der Waals surface area contributed by atoms with E-state index < -0.39 is 23.0 Å². The zero-order chi connectivity index (χ0) is 13.5. The van der Waals surface area contributed by atoms with E-state index >= 15 is 0 Å². The molecule has 0 radical (unpaired) electrons. The van der Waals surface area contributed by atoms with E-state index in [1.54, 1.807) is 13.8 Å². The predicted octanol–water partition coefficient (Wildman–Crippen LogP) is 0.147. The number of carbonyl (C=O) groups excluding carboxylic acids is 2. The van der Waals surface area contributed by atoms with Gasteiger partial charge in [-0.25, -0.2) is 4.79 Å². The van der Waals surface area contributed by atoms with E-state index in [1.807, 2.05) is 0 Å². The van der Waals surface area contributed by atoms with Gasteiger partial charge in [0, 0.05) is 0 Å². The Bertz CT molecular complexity index is 269. The smallest absolute Gasteiger partial charge is 0.356 e.